The number of nitriles is 1. The van der Waals surface area contributed by atoms with Crippen molar-refractivity contribution in [3.63, 3.8) is 0 Å². The van der Waals surface area contributed by atoms with Crippen molar-refractivity contribution >= 4 is 5.69 Å². The van der Waals surface area contributed by atoms with Crippen LogP contribution in [0, 0.1) is 11.3 Å². The van der Waals surface area contributed by atoms with Crippen molar-refractivity contribution in [1.29, 1.82) is 5.26 Å². The van der Waals surface area contributed by atoms with Gasteiger partial charge in [-0.15, -0.1) is 0 Å². The Hall–Kier alpha value is -2.67. The van der Waals surface area contributed by atoms with Crippen LogP contribution < -0.4 is 10.1 Å². The molecule has 0 aliphatic heterocycles. The zero-order chi connectivity index (χ0) is 13.7. The first-order valence-electron chi connectivity index (χ1n) is 5.82. The summed E-state index contributed by atoms with van der Waals surface area (Å²) in [6.07, 6.45) is 0. The molecule has 1 unspecified atom stereocenters. The molecule has 0 spiro atoms. The number of anilines is 1. The van der Waals surface area contributed by atoms with Crippen LogP contribution in [0.3, 0.4) is 0 Å². The van der Waals surface area contributed by atoms with Crippen LogP contribution in [0.2, 0.25) is 0 Å². The van der Waals surface area contributed by atoms with Crippen LogP contribution in [0.4, 0.5) is 5.69 Å². The van der Waals surface area contributed by atoms with Crippen LogP contribution in [0.5, 0.6) is 11.5 Å². The molecule has 0 fully saturated rings. The lowest BCUT2D eigenvalue weighted by atomic mass is 10.1. The molecule has 2 aromatic rings. The fourth-order valence-corrected chi connectivity index (χ4v) is 1.74. The highest BCUT2D eigenvalue weighted by molar-refractivity contribution is 5.51. The van der Waals surface area contributed by atoms with E-state index in [1.807, 2.05) is 24.3 Å². The Balaban J connectivity index is 2.19. The fourth-order valence-electron chi connectivity index (χ4n) is 1.74. The maximum atomic E-state index is 9.25. The van der Waals surface area contributed by atoms with E-state index in [0.717, 1.165) is 17.0 Å². The molecule has 0 aromatic heterocycles. The summed E-state index contributed by atoms with van der Waals surface area (Å²) in [4.78, 5) is 0. The molecule has 2 rings (SSSR count). The number of hydrogen-bond donors (Lipinski definition) is 2. The smallest absolute Gasteiger partial charge is 0.140 e. The fraction of sp³-hybridized carbons (Fsp3) is 0.133. The first-order chi connectivity index (χ1) is 9.22. The highest BCUT2D eigenvalue weighted by atomic mass is 16.5. The largest absolute Gasteiger partial charge is 0.508 e. The summed E-state index contributed by atoms with van der Waals surface area (Å²) in [7, 11) is 1.60. The zero-order valence-corrected chi connectivity index (χ0v) is 10.5. The number of ether oxygens (including phenoxy) is 1. The average molecular weight is 254 g/mol. The summed E-state index contributed by atoms with van der Waals surface area (Å²) in [5, 5.41) is 21.6. The summed E-state index contributed by atoms with van der Waals surface area (Å²) < 4.78 is 5.14. The summed E-state index contributed by atoms with van der Waals surface area (Å²) in [6, 6.07) is 15.7. The second-order valence-corrected chi connectivity index (χ2v) is 4.03. The minimum atomic E-state index is -0.479. The number of aromatic hydroxyl groups is 1. The Morgan fingerprint density at radius 2 is 1.95 bits per heavy atom. The lowest BCUT2D eigenvalue weighted by Gasteiger charge is -2.14. The van der Waals surface area contributed by atoms with E-state index >= 15 is 0 Å². The number of phenolic OH excluding ortho intramolecular Hbond substituents is 1. The second kappa shape index (κ2) is 5.78. The molecule has 1 atom stereocenters. The molecule has 0 aliphatic carbocycles. The van der Waals surface area contributed by atoms with Crippen molar-refractivity contribution in [1.82, 2.24) is 0 Å². The predicted molar refractivity (Wildman–Crippen MR) is 73.1 cm³/mol. The molecular weight excluding hydrogens is 240 g/mol. The van der Waals surface area contributed by atoms with Crippen molar-refractivity contribution in [3.8, 4) is 17.6 Å². The molecule has 0 saturated carbocycles. The van der Waals surface area contributed by atoms with Gasteiger partial charge in [0.2, 0.25) is 0 Å². The molecule has 0 radical (unpaired) electrons. The number of nitrogens with one attached hydrogen (secondary N) is 1. The molecule has 2 N–H and O–H groups in total. The van der Waals surface area contributed by atoms with E-state index in [-0.39, 0.29) is 5.75 Å². The van der Waals surface area contributed by atoms with Crippen LogP contribution >= 0.6 is 0 Å². The van der Waals surface area contributed by atoms with Gasteiger partial charge in [-0.3, -0.25) is 0 Å². The molecule has 4 nitrogen and oxygen atoms in total. The molecular formula is C15H14N2O2. The van der Waals surface area contributed by atoms with Crippen LogP contribution in [0.15, 0.2) is 48.5 Å². The van der Waals surface area contributed by atoms with Crippen molar-refractivity contribution in [2.24, 2.45) is 0 Å². The Labute approximate surface area is 111 Å². The maximum absolute atomic E-state index is 9.25. The summed E-state index contributed by atoms with van der Waals surface area (Å²) in [6.45, 7) is 0. The van der Waals surface area contributed by atoms with Gasteiger partial charge in [0.05, 0.1) is 13.2 Å². The van der Waals surface area contributed by atoms with Crippen molar-refractivity contribution in [2.75, 3.05) is 12.4 Å². The second-order valence-electron chi connectivity index (χ2n) is 4.03. The first kappa shape index (κ1) is 12.8. The molecule has 4 heteroatoms. The third-order valence-corrected chi connectivity index (χ3v) is 2.74. The van der Waals surface area contributed by atoms with Crippen LogP contribution in [0.25, 0.3) is 0 Å². The Bertz CT molecular complexity index is 588. The van der Waals surface area contributed by atoms with Gasteiger partial charge in [-0.2, -0.15) is 5.26 Å². The van der Waals surface area contributed by atoms with Gasteiger partial charge < -0.3 is 15.2 Å². The van der Waals surface area contributed by atoms with Crippen molar-refractivity contribution in [2.45, 2.75) is 6.04 Å². The molecule has 2 aromatic carbocycles. The lowest BCUT2D eigenvalue weighted by Crippen LogP contribution is -2.08. The van der Waals surface area contributed by atoms with E-state index in [0.29, 0.717) is 0 Å². The van der Waals surface area contributed by atoms with Gasteiger partial charge in [0, 0.05) is 11.8 Å². The topological polar surface area (TPSA) is 65.3 Å². The van der Waals surface area contributed by atoms with Crippen molar-refractivity contribution < 1.29 is 9.84 Å². The third kappa shape index (κ3) is 3.17. The minimum Gasteiger partial charge on any atom is -0.508 e. The van der Waals surface area contributed by atoms with Gasteiger partial charge in [-0.1, -0.05) is 18.2 Å². The molecule has 0 heterocycles. The van der Waals surface area contributed by atoms with Crippen LogP contribution in [0.1, 0.15) is 11.6 Å². The maximum Gasteiger partial charge on any atom is 0.140 e. The van der Waals surface area contributed by atoms with Crippen LogP contribution in [-0.2, 0) is 0 Å². The highest BCUT2D eigenvalue weighted by Crippen LogP contribution is 2.23. The highest BCUT2D eigenvalue weighted by Gasteiger charge is 2.10. The standard InChI is InChI=1S/C15H14N2O2/c1-19-14-4-2-3-12(9-14)17-15(10-16)11-5-7-13(18)8-6-11/h2-9,15,17-18H,1H3. The van der Waals surface area contributed by atoms with E-state index in [1.165, 1.54) is 0 Å². The van der Waals surface area contributed by atoms with Gasteiger partial charge in [-0.05, 0) is 29.8 Å². The lowest BCUT2D eigenvalue weighted by molar-refractivity contribution is 0.415. The summed E-state index contributed by atoms with van der Waals surface area (Å²) in [5.41, 5.74) is 1.60. The molecule has 0 saturated heterocycles. The summed E-state index contributed by atoms with van der Waals surface area (Å²) >= 11 is 0. The van der Waals surface area contributed by atoms with Gasteiger partial charge in [0.1, 0.15) is 17.5 Å². The number of benzene rings is 2. The van der Waals surface area contributed by atoms with E-state index in [9.17, 15) is 10.4 Å². The number of nitrogens with zero attached hydrogens (tertiary/aromatic N) is 1. The summed E-state index contributed by atoms with van der Waals surface area (Å²) in [5.74, 6) is 0.911. The first-order valence-corrected chi connectivity index (χ1v) is 5.82. The average Bonchev–Trinajstić information content (AvgIpc) is 2.46. The number of hydrogen-bond acceptors (Lipinski definition) is 4. The quantitative estimate of drug-likeness (QED) is 0.880. The van der Waals surface area contributed by atoms with E-state index in [2.05, 4.69) is 11.4 Å². The Morgan fingerprint density at radius 1 is 1.21 bits per heavy atom. The number of methoxy groups -OCH3 is 1. The molecule has 19 heavy (non-hydrogen) atoms. The SMILES string of the molecule is COc1cccc(NC(C#N)c2ccc(O)cc2)c1. The normalized spacial score (nSPS) is 11.4. The molecule has 96 valence electrons. The zero-order valence-electron chi connectivity index (χ0n) is 10.5. The molecule has 0 bridgehead atoms. The van der Waals surface area contributed by atoms with Gasteiger partial charge in [-0.25, -0.2) is 0 Å². The Kier molecular flexibility index (Phi) is 3.89. The third-order valence-electron chi connectivity index (χ3n) is 2.74. The molecule has 0 aliphatic rings. The molecule has 0 amide bonds. The van der Waals surface area contributed by atoms with Gasteiger partial charge in [0.15, 0.2) is 0 Å². The van der Waals surface area contributed by atoms with E-state index < -0.39 is 6.04 Å². The van der Waals surface area contributed by atoms with Gasteiger partial charge in [0.25, 0.3) is 0 Å². The number of phenols is 1. The number of rotatable bonds is 4. The van der Waals surface area contributed by atoms with Crippen molar-refractivity contribution in [3.05, 3.63) is 54.1 Å². The monoisotopic (exact) mass is 254 g/mol. The predicted octanol–water partition coefficient (Wildman–Crippen LogP) is 3.08. The Morgan fingerprint density at radius 3 is 2.58 bits per heavy atom. The van der Waals surface area contributed by atoms with Crippen LogP contribution in [-0.4, -0.2) is 12.2 Å². The van der Waals surface area contributed by atoms with E-state index in [1.54, 1.807) is 31.4 Å². The minimum absolute atomic E-state index is 0.182. The van der Waals surface area contributed by atoms with E-state index in [4.69, 9.17) is 4.74 Å². The van der Waals surface area contributed by atoms with Gasteiger partial charge >= 0.3 is 0 Å².